The second kappa shape index (κ2) is 9.34. The van der Waals surface area contributed by atoms with E-state index in [0.29, 0.717) is 6.54 Å². The lowest BCUT2D eigenvalue weighted by Gasteiger charge is -2.23. The monoisotopic (exact) mass is 294 g/mol. The zero-order chi connectivity index (χ0) is 15.7. The number of hydrogen-bond acceptors (Lipinski definition) is 2. The Labute approximate surface area is 127 Å². The zero-order valence-electron chi connectivity index (χ0n) is 13.5. The summed E-state index contributed by atoms with van der Waals surface area (Å²) in [5, 5.41) is 6.49. The number of nitrogens with zero attached hydrogens (tertiary/aromatic N) is 2. The number of halogens is 1. The van der Waals surface area contributed by atoms with E-state index in [1.165, 1.54) is 6.07 Å². The minimum Gasteiger partial charge on any atom is -0.357 e. The molecule has 1 rings (SSSR count). The summed E-state index contributed by atoms with van der Waals surface area (Å²) in [6.07, 6.45) is 1.05. The molecule has 0 aliphatic rings. The minimum atomic E-state index is -0.209. The molecule has 1 atom stereocenters. The quantitative estimate of drug-likeness (QED) is 0.599. The van der Waals surface area contributed by atoms with Gasteiger partial charge >= 0.3 is 0 Å². The Balaban J connectivity index is 2.81. The van der Waals surface area contributed by atoms with Crippen molar-refractivity contribution >= 4 is 5.96 Å². The van der Waals surface area contributed by atoms with E-state index < -0.39 is 0 Å². The van der Waals surface area contributed by atoms with Crippen molar-refractivity contribution in [2.24, 2.45) is 4.99 Å². The van der Waals surface area contributed by atoms with Gasteiger partial charge in [-0.2, -0.15) is 0 Å². The van der Waals surface area contributed by atoms with E-state index >= 15 is 0 Å². The molecule has 5 heteroatoms. The van der Waals surface area contributed by atoms with E-state index in [9.17, 15) is 4.39 Å². The molecular formula is C16H27FN4. The SMILES string of the molecule is CCCNC(=NCC(c1cccc(F)c1)N(C)C)NCC. The summed E-state index contributed by atoms with van der Waals surface area (Å²) in [6.45, 7) is 6.45. The molecule has 0 saturated carbocycles. The standard InChI is InChI=1S/C16H27FN4/c1-5-10-19-16(18-6-2)20-12-15(21(3)4)13-8-7-9-14(17)11-13/h7-9,11,15H,5-6,10,12H2,1-4H3,(H2,18,19,20). The molecule has 21 heavy (non-hydrogen) atoms. The van der Waals surface area contributed by atoms with Crippen molar-refractivity contribution in [3.05, 3.63) is 35.6 Å². The van der Waals surface area contributed by atoms with Gasteiger partial charge in [0.05, 0.1) is 12.6 Å². The summed E-state index contributed by atoms with van der Waals surface area (Å²) >= 11 is 0. The van der Waals surface area contributed by atoms with E-state index in [1.54, 1.807) is 12.1 Å². The Bertz CT molecular complexity index is 446. The molecule has 2 N–H and O–H groups in total. The van der Waals surface area contributed by atoms with Gasteiger partial charge in [-0.05, 0) is 45.1 Å². The molecule has 0 saturated heterocycles. The lowest BCUT2D eigenvalue weighted by Crippen LogP contribution is -2.38. The van der Waals surface area contributed by atoms with Gasteiger partial charge in [-0.15, -0.1) is 0 Å². The molecule has 0 radical (unpaired) electrons. The summed E-state index contributed by atoms with van der Waals surface area (Å²) in [5.74, 6) is 0.599. The predicted molar refractivity (Wildman–Crippen MR) is 87.1 cm³/mol. The summed E-state index contributed by atoms with van der Waals surface area (Å²) < 4.78 is 13.4. The maximum Gasteiger partial charge on any atom is 0.191 e. The predicted octanol–water partition coefficient (Wildman–Crippen LogP) is 2.39. The van der Waals surface area contributed by atoms with Crippen LogP contribution < -0.4 is 10.6 Å². The largest absolute Gasteiger partial charge is 0.357 e. The highest BCUT2D eigenvalue weighted by Gasteiger charge is 2.14. The molecule has 0 heterocycles. The van der Waals surface area contributed by atoms with Crippen molar-refractivity contribution in [1.82, 2.24) is 15.5 Å². The van der Waals surface area contributed by atoms with Crippen molar-refractivity contribution < 1.29 is 4.39 Å². The summed E-state index contributed by atoms with van der Waals surface area (Å²) in [5.41, 5.74) is 0.940. The number of rotatable bonds is 7. The van der Waals surface area contributed by atoms with Gasteiger partial charge in [0, 0.05) is 13.1 Å². The average Bonchev–Trinajstić information content (AvgIpc) is 2.44. The van der Waals surface area contributed by atoms with Gasteiger partial charge in [0.15, 0.2) is 5.96 Å². The topological polar surface area (TPSA) is 39.7 Å². The fraction of sp³-hybridized carbons (Fsp3) is 0.562. The van der Waals surface area contributed by atoms with Crippen molar-refractivity contribution in [2.45, 2.75) is 26.3 Å². The number of aliphatic imine (C=N–C) groups is 1. The lowest BCUT2D eigenvalue weighted by molar-refractivity contribution is 0.305. The van der Waals surface area contributed by atoms with Crippen molar-refractivity contribution in [1.29, 1.82) is 0 Å². The molecule has 0 spiro atoms. The van der Waals surface area contributed by atoms with Gasteiger partial charge in [0.1, 0.15) is 5.82 Å². The number of nitrogens with one attached hydrogen (secondary N) is 2. The second-order valence-electron chi connectivity index (χ2n) is 5.18. The molecule has 1 aromatic rings. The maximum absolute atomic E-state index is 13.4. The van der Waals surface area contributed by atoms with Crippen LogP contribution in [0.5, 0.6) is 0 Å². The Morgan fingerprint density at radius 1 is 1.29 bits per heavy atom. The van der Waals surface area contributed by atoms with Crippen LogP contribution in [0.15, 0.2) is 29.3 Å². The van der Waals surface area contributed by atoms with Crippen molar-refractivity contribution in [2.75, 3.05) is 33.7 Å². The average molecular weight is 294 g/mol. The van der Waals surface area contributed by atoms with Gasteiger partial charge in [-0.1, -0.05) is 19.1 Å². The fourth-order valence-electron chi connectivity index (χ4n) is 2.04. The summed E-state index contributed by atoms with van der Waals surface area (Å²) in [4.78, 5) is 6.67. The van der Waals surface area contributed by atoms with Crippen molar-refractivity contribution in [3.8, 4) is 0 Å². The first kappa shape index (κ1) is 17.4. The number of likely N-dealkylation sites (N-methyl/N-ethyl adjacent to an activating group) is 1. The highest BCUT2D eigenvalue weighted by molar-refractivity contribution is 5.79. The Morgan fingerprint density at radius 3 is 2.62 bits per heavy atom. The van der Waals surface area contributed by atoms with Crippen LogP contribution in [0, 0.1) is 5.82 Å². The molecule has 0 bridgehead atoms. The summed E-state index contributed by atoms with van der Waals surface area (Å²) in [7, 11) is 3.97. The van der Waals surface area contributed by atoms with E-state index in [0.717, 1.165) is 31.0 Å². The van der Waals surface area contributed by atoms with Gasteiger partial charge < -0.3 is 15.5 Å². The highest BCUT2D eigenvalue weighted by atomic mass is 19.1. The molecular weight excluding hydrogens is 267 g/mol. The molecule has 4 nitrogen and oxygen atoms in total. The van der Waals surface area contributed by atoms with Gasteiger partial charge in [-0.3, -0.25) is 4.99 Å². The van der Waals surface area contributed by atoms with Gasteiger partial charge in [-0.25, -0.2) is 4.39 Å². The fourth-order valence-corrected chi connectivity index (χ4v) is 2.04. The molecule has 0 fully saturated rings. The lowest BCUT2D eigenvalue weighted by atomic mass is 10.1. The van der Waals surface area contributed by atoms with E-state index in [4.69, 9.17) is 0 Å². The first-order valence-electron chi connectivity index (χ1n) is 7.52. The van der Waals surface area contributed by atoms with Crippen LogP contribution in [0.3, 0.4) is 0 Å². The highest BCUT2D eigenvalue weighted by Crippen LogP contribution is 2.19. The van der Waals surface area contributed by atoms with Gasteiger partial charge in [0.2, 0.25) is 0 Å². The molecule has 0 aliphatic heterocycles. The van der Waals surface area contributed by atoms with Crippen LogP contribution in [-0.2, 0) is 0 Å². The van der Waals surface area contributed by atoms with Crippen LogP contribution in [0.1, 0.15) is 31.9 Å². The Morgan fingerprint density at radius 2 is 2.05 bits per heavy atom. The number of hydrogen-bond donors (Lipinski definition) is 2. The van der Waals surface area contributed by atoms with Crippen molar-refractivity contribution in [3.63, 3.8) is 0 Å². The first-order valence-corrected chi connectivity index (χ1v) is 7.52. The zero-order valence-corrected chi connectivity index (χ0v) is 13.5. The smallest absolute Gasteiger partial charge is 0.191 e. The Hall–Kier alpha value is -1.62. The molecule has 0 aliphatic carbocycles. The molecule has 1 aromatic carbocycles. The van der Waals surface area contributed by atoms with E-state index in [2.05, 4.69) is 27.4 Å². The van der Waals surface area contributed by atoms with Crippen LogP contribution in [0.4, 0.5) is 4.39 Å². The molecule has 0 amide bonds. The van der Waals surface area contributed by atoms with Gasteiger partial charge in [0.25, 0.3) is 0 Å². The maximum atomic E-state index is 13.4. The Kier molecular flexibility index (Phi) is 7.75. The van der Waals surface area contributed by atoms with Crippen LogP contribution in [-0.4, -0.2) is 44.6 Å². The number of guanidine groups is 1. The summed E-state index contributed by atoms with van der Waals surface area (Å²) in [6, 6.07) is 6.78. The van der Waals surface area contributed by atoms with E-state index in [-0.39, 0.29) is 11.9 Å². The second-order valence-corrected chi connectivity index (χ2v) is 5.18. The molecule has 118 valence electrons. The third-order valence-electron chi connectivity index (χ3n) is 3.17. The van der Waals surface area contributed by atoms with Crippen LogP contribution in [0.2, 0.25) is 0 Å². The number of benzene rings is 1. The third kappa shape index (κ3) is 6.12. The normalized spacial score (nSPS) is 13.3. The minimum absolute atomic E-state index is 0.0535. The van der Waals surface area contributed by atoms with Crippen LogP contribution in [0.25, 0.3) is 0 Å². The molecule has 1 unspecified atom stereocenters. The van der Waals surface area contributed by atoms with Crippen LogP contribution >= 0.6 is 0 Å². The first-order chi connectivity index (χ1) is 10.1. The van der Waals surface area contributed by atoms with E-state index in [1.807, 2.05) is 27.1 Å². The molecule has 0 aromatic heterocycles. The third-order valence-corrected chi connectivity index (χ3v) is 3.17.